The third-order valence-electron chi connectivity index (χ3n) is 3.64. The van der Waals surface area contributed by atoms with Crippen molar-refractivity contribution in [2.45, 2.75) is 20.8 Å². The Morgan fingerprint density at radius 2 is 1.89 bits per heavy atom. The molecule has 0 saturated carbocycles. The number of ketones is 1. The monoisotopic (exact) mass is 392 g/mol. The van der Waals surface area contributed by atoms with E-state index in [2.05, 4.69) is 10.3 Å². The van der Waals surface area contributed by atoms with Gasteiger partial charge in [-0.25, -0.2) is 9.78 Å². The molecule has 0 fully saturated rings. The molecule has 1 heterocycles. The van der Waals surface area contributed by atoms with Crippen LogP contribution in [0, 0.1) is 12.8 Å². The van der Waals surface area contributed by atoms with E-state index in [1.54, 1.807) is 25.1 Å². The van der Waals surface area contributed by atoms with E-state index in [9.17, 15) is 9.59 Å². The van der Waals surface area contributed by atoms with Crippen molar-refractivity contribution in [3.8, 4) is 11.5 Å². The number of carbonyl (C=O) groups is 2. The number of carbonyl (C=O) groups excluding carboxylic acids is 2. The minimum Gasteiger partial charge on any atom is -0.493 e. The third kappa shape index (κ3) is 5.43. The van der Waals surface area contributed by atoms with Crippen molar-refractivity contribution in [2.24, 2.45) is 5.92 Å². The average molecular weight is 392 g/mol. The quantitative estimate of drug-likeness (QED) is 0.515. The second-order valence-corrected chi connectivity index (χ2v) is 7.27. The highest BCUT2D eigenvalue weighted by Gasteiger charge is 2.18. The second-order valence-electron chi connectivity index (χ2n) is 6.27. The van der Waals surface area contributed by atoms with Gasteiger partial charge in [0, 0.05) is 5.56 Å². The average Bonchev–Trinajstić information content (AvgIpc) is 3.04. The fourth-order valence-corrected chi connectivity index (χ4v) is 3.09. The summed E-state index contributed by atoms with van der Waals surface area (Å²) in [6.45, 7) is 6.09. The molecule has 0 amide bonds. The Kier molecular flexibility index (Phi) is 7.18. The molecule has 1 N–H and O–H groups in total. The van der Waals surface area contributed by atoms with Gasteiger partial charge in [0.05, 0.1) is 33.1 Å². The van der Waals surface area contributed by atoms with Crippen molar-refractivity contribution in [1.82, 2.24) is 4.98 Å². The van der Waals surface area contributed by atoms with Gasteiger partial charge in [-0.2, -0.15) is 0 Å². The smallest absolute Gasteiger partial charge is 0.350 e. The minimum absolute atomic E-state index is 0.0446. The Morgan fingerprint density at radius 3 is 2.52 bits per heavy atom. The molecule has 0 aliphatic heterocycles. The van der Waals surface area contributed by atoms with Crippen molar-refractivity contribution in [1.29, 1.82) is 0 Å². The van der Waals surface area contributed by atoms with Crippen LogP contribution in [0.25, 0.3) is 0 Å². The van der Waals surface area contributed by atoms with Crippen LogP contribution in [0.5, 0.6) is 11.5 Å². The maximum absolute atomic E-state index is 12.4. The number of Topliss-reactive ketones (excluding diaryl/α,β-unsaturated/α-hetero) is 1. The number of esters is 1. The van der Waals surface area contributed by atoms with Crippen molar-refractivity contribution in [2.75, 3.05) is 32.7 Å². The van der Waals surface area contributed by atoms with E-state index in [-0.39, 0.29) is 18.2 Å². The van der Waals surface area contributed by atoms with Gasteiger partial charge >= 0.3 is 5.97 Å². The first-order valence-electron chi connectivity index (χ1n) is 8.49. The molecule has 8 heteroatoms. The fraction of sp³-hybridized carbons (Fsp3) is 0.421. The van der Waals surface area contributed by atoms with E-state index < -0.39 is 5.97 Å². The molecule has 1 aromatic heterocycles. The van der Waals surface area contributed by atoms with Crippen molar-refractivity contribution in [3.05, 3.63) is 34.3 Å². The molecule has 0 spiro atoms. The highest BCUT2D eigenvalue weighted by molar-refractivity contribution is 7.17. The lowest BCUT2D eigenvalue weighted by Crippen LogP contribution is -2.14. The zero-order valence-electron chi connectivity index (χ0n) is 16.1. The number of methoxy groups -OCH3 is 2. The molecule has 0 aliphatic rings. The predicted molar refractivity (Wildman–Crippen MR) is 104 cm³/mol. The van der Waals surface area contributed by atoms with Gasteiger partial charge in [-0.1, -0.05) is 25.2 Å². The van der Waals surface area contributed by atoms with Crippen LogP contribution in [-0.2, 0) is 4.74 Å². The SMILES string of the molecule is COc1ccc(C(=O)CNc2nc(C)c(C(=O)OCC(C)C)s2)cc1OC. The zero-order valence-corrected chi connectivity index (χ0v) is 16.9. The van der Waals surface area contributed by atoms with E-state index >= 15 is 0 Å². The maximum atomic E-state index is 12.4. The van der Waals surface area contributed by atoms with E-state index in [1.807, 2.05) is 13.8 Å². The van der Waals surface area contributed by atoms with Gasteiger partial charge in [0.2, 0.25) is 0 Å². The summed E-state index contributed by atoms with van der Waals surface area (Å²) >= 11 is 1.18. The molecule has 2 rings (SSSR count). The van der Waals surface area contributed by atoms with Crippen LogP contribution >= 0.6 is 11.3 Å². The third-order valence-corrected chi connectivity index (χ3v) is 4.73. The van der Waals surface area contributed by atoms with E-state index in [0.29, 0.717) is 39.4 Å². The van der Waals surface area contributed by atoms with Crippen LogP contribution < -0.4 is 14.8 Å². The summed E-state index contributed by atoms with van der Waals surface area (Å²) < 4.78 is 15.6. The first kappa shape index (κ1) is 20.7. The van der Waals surface area contributed by atoms with Crippen LogP contribution in [0.4, 0.5) is 5.13 Å². The highest BCUT2D eigenvalue weighted by Crippen LogP contribution is 2.28. The number of rotatable bonds is 9. The number of nitrogens with one attached hydrogen (secondary N) is 1. The zero-order chi connectivity index (χ0) is 20.0. The Labute approximate surface area is 162 Å². The summed E-state index contributed by atoms with van der Waals surface area (Å²) in [6, 6.07) is 4.99. The molecule has 27 heavy (non-hydrogen) atoms. The molecule has 0 saturated heterocycles. The molecule has 146 valence electrons. The topological polar surface area (TPSA) is 86.8 Å². The number of hydrogen-bond acceptors (Lipinski definition) is 8. The summed E-state index contributed by atoms with van der Waals surface area (Å²) in [6.07, 6.45) is 0. The van der Waals surface area contributed by atoms with Crippen LogP contribution in [0.1, 0.15) is 39.6 Å². The van der Waals surface area contributed by atoms with Gasteiger partial charge in [0.1, 0.15) is 4.88 Å². The lowest BCUT2D eigenvalue weighted by atomic mass is 10.1. The number of benzene rings is 1. The summed E-state index contributed by atoms with van der Waals surface area (Å²) in [5.41, 5.74) is 1.07. The number of ether oxygens (including phenoxy) is 3. The number of anilines is 1. The first-order valence-corrected chi connectivity index (χ1v) is 9.31. The number of hydrogen-bond donors (Lipinski definition) is 1. The predicted octanol–water partition coefficient (Wildman–Crippen LogP) is 3.58. The lowest BCUT2D eigenvalue weighted by molar-refractivity contribution is 0.0463. The normalized spacial score (nSPS) is 10.6. The summed E-state index contributed by atoms with van der Waals surface area (Å²) in [7, 11) is 3.05. The van der Waals surface area contributed by atoms with Crippen LogP contribution in [-0.4, -0.2) is 44.1 Å². The summed E-state index contributed by atoms with van der Waals surface area (Å²) in [5, 5.41) is 3.47. The molecule has 7 nitrogen and oxygen atoms in total. The lowest BCUT2D eigenvalue weighted by Gasteiger charge is -2.09. The molecule has 1 aromatic carbocycles. The molecular weight excluding hydrogens is 368 g/mol. The Hall–Kier alpha value is -2.61. The molecule has 0 unspecified atom stereocenters. The molecular formula is C19H24N2O5S. The van der Waals surface area contributed by atoms with Gasteiger partial charge in [-0.3, -0.25) is 4.79 Å². The standard InChI is InChI=1S/C19H24N2O5S/c1-11(2)10-26-18(23)17-12(3)21-19(27-17)20-9-14(22)13-6-7-15(24-4)16(8-13)25-5/h6-8,11H,9-10H2,1-5H3,(H,20,21). The number of aryl methyl sites for hydroxylation is 1. The molecule has 0 radical (unpaired) electrons. The van der Waals surface area contributed by atoms with E-state index in [0.717, 1.165) is 0 Å². The van der Waals surface area contributed by atoms with Gasteiger partial charge < -0.3 is 19.5 Å². The van der Waals surface area contributed by atoms with Crippen LogP contribution in [0.2, 0.25) is 0 Å². The number of thiazole rings is 1. The van der Waals surface area contributed by atoms with Crippen LogP contribution in [0.3, 0.4) is 0 Å². The minimum atomic E-state index is -0.391. The summed E-state index contributed by atoms with van der Waals surface area (Å²) in [4.78, 5) is 29.3. The van der Waals surface area contributed by atoms with E-state index in [4.69, 9.17) is 14.2 Å². The Balaban J connectivity index is 2.01. The molecule has 0 atom stereocenters. The molecule has 2 aromatic rings. The highest BCUT2D eigenvalue weighted by atomic mass is 32.1. The van der Waals surface area contributed by atoms with Gasteiger partial charge in [0.15, 0.2) is 22.4 Å². The van der Waals surface area contributed by atoms with Crippen molar-refractivity contribution in [3.63, 3.8) is 0 Å². The summed E-state index contributed by atoms with van der Waals surface area (Å²) in [5.74, 6) is 0.787. The fourth-order valence-electron chi connectivity index (χ4n) is 2.24. The number of nitrogens with zero attached hydrogens (tertiary/aromatic N) is 1. The van der Waals surface area contributed by atoms with Gasteiger partial charge in [0.25, 0.3) is 0 Å². The maximum Gasteiger partial charge on any atom is 0.350 e. The largest absolute Gasteiger partial charge is 0.493 e. The van der Waals surface area contributed by atoms with Gasteiger partial charge in [-0.15, -0.1) is 0 Å². The van der Waals surface area contributed by atoms with Crippen LogP contribution in [0.15, 0.2) is 18.2 Å². The number of aromatic nitrogens is 1. The Morgan fingerprint density at radius 1 is 1.19 bits per heavy atom. The Bertz CT molecular complexity index is 816. The second kappa shape index (κ2) is 9.36. The molecule has 0 aliphatic carbocycles. The van der Waals surface area contributed by atoms with E-state index in [1.165, 1.54) is 25.6 Å². The van der Waals surface area contributed by atoms with Gasteiger partial charge in [-0.05, 0) is 31.0 Å². The first-order chi connectivity index (χ1) is 12.8. The van der Waals surface area contributed by atoms with Crippen molar-refractivity contribution >= 4 is 28.2 Å². The van der Waals surface area contributed by atoms with Crippen molar-refractivity contribution < 1.29 is 23.8 Å². The molecule has 0 bridgehead atoms.